The number of nitrogen functional groups attached to an aromatic ring is 1. The molecule has 0 aromatic carbocycles. The molecule has 0 radical (unpaired) electrons. The summed E-state index contributed by atoms with van der Waals surface area (Å²) in [6.07, 6.45) is 8.15. The average molecular weight is 264 g/mol. The zero-order valence-corrected chi connectivity index (χ0v) is 11.6. The van der Waals surface area contributed by atoms with Crippen molar-refractivity contribution in [2.75, 3.05) is 11.5 Å². The van der Waals surface area contributed by atoms with Crippen molar-refractivity contribution in [3.8, 4) is 0 Å². The second-order valence-corrected chi connectivity index (χ2v) is 6.23. The number of pyridine rings is 1. The first kappa shape index (κ1) is 13.4. The van der Waals surface area contributed by atoms with Crippen LogP contribution in [-0.4, -0.2) is 21.8 Å². The molecule has 1 aromatic rings. The molecule has 1 aromatic heterocycles. The van der Waals surface area contributed by atoms with Gasteiger partial charge >= 0.3 is 0 Å². The van der Waals surface area contributed by atoms with E-state index in [9.17, 15) is 4.79 Å². The van der Waals surface area contributed by atoms with Crippen LogP contribution in [-0.2, 0) is 0 Å². The maximum Gasteiger partial charge on any atom is 0.176 e. The average Bonchev–Trinajstić information content (AvgIpc) is 2.40. The van der Waals surface area contributed by atoms with E-state index in [4.69, 9.17) is 5.73 Å². The van der Waals surface area contributed by atoms with E-state index >= 15 is 0 Å². The Balaban J connectivity index is 1.92. The molecule has 2 rings (SSSR count). The SMILES string of the molecule is Cc1cnc(N)c(C(=O)CSC2CCCCC2)c1. The lowest BCUT2D eigenvalue weighted by molar-refractivity contribution is 0.102. The Bertz CT molecular complexity index is 428. The molecule has 1 heterocycles. The molecular weight excluding hydrogens is 244 g/mol. The number of Topliss-reactive ketones (excluding diaryl/α,β-unsaturated/α-hetero) is 1. The molecule has 4 heteroatoms. The Morgan fingerprint density at radius 2 is 2.17 bits per heavy atom. The third kappa shape index (κ3) is 3.48. The van der Waals surface area contributed by atoms with Gasteiger partial charge in [0.25, 0.3) is 0 Å². The zero-order valence-electron chi connectivity index (χ0n) is 10.8. The first-order valence-corrected chi connectivity index (χ1v) is 7.58. The van der Waals surface area contributed by atoms with Crippen molar-refractivity contribution in [2.24, 2.45) is 0 Å². The fourth-order valence-electron chi connectivity index (χ4n) is 2.31. The molecule has 0 aliphatic heterocycles. The highest BCUT2D eigenvalue weighted by atomic mass is 32.2. The van der Waals surface area contributed by atoms with E-state index in [0.29, 0.717) is 22.4 Å². The Morgan fingerprint density at radius 3 is 2.89 bits per heavy atom. The van der Waals surface area contributed by atoms with Crippen LogP contribution in [0.15, 0.2) is 12.3 Å². The smallest absolute Gasteiger partial charge is 0.176 e. The summed E-state index contributed by atoms with van der Waals surface area (Å²) in [5.74, 6) is 0.995. The molecule has 0 bridgehead atoms. The van der Waals surface area contributed by atoms with Crippen molar-refractivity contribution in [3.05, 3.63) is 23.4 Å². The highest BCUT2D eigenvalue weighted by Gasteiger charge is 2.17. The molecule has 1 saturated carbocycles. The summed E-state index contributed by atoms with van der Waals surface area (Å²) in [6.45, 7) is 1.93. The largest absolute Gasteiger partial charge is 0.383 e. The number of aryl methyl sites for hydroxylation is 1. The van der Waals surface area contributed by atoms with Gasteiger partial charge in [-0.05, 0) is 31.4 Å². The van der Waals surface area contributed by atoms with Crippen LogP contribution in [0.4, 0.5) is 5.82 Å². The molecule has 0 atom stereocenters. The van der Waals surface area contributed by atoms with Crippen molar-refractivity contribution < 1.29 is 4.79 Å². The normalized spacial score (nSPS) is 16.7. The van der Waals surface area contributed by atoms with Gasteiger partial charge in [-0.2, -0.15) is 11.8 Å². The number of thioether (sulfide) groups is 1. The third-order valence-electron chi connectivity index (χ3n) is 3.36. The Morgan fingerprint density at radius 1 is 1.44 bits per heavy atom. The quantitative estimate of drug-likeness (QED) is 0.848. The number of nitrogens with zero attached hydrogens (tertiary/aromatic N) is 1. The third-order valence-corrected chi connectivity index (χ3v) is 4.73. The van der Waals surface area contributed by atoms with Crippen LogP contribution in [0.3, 0.4) is 0 Å². The van der Waals surface area contributed by atoms with Gasteiger partial charge in [0.15, 0.2) is 5.78 Å². The topological polar surface area (TPSA) is 56.0 Å². The van der Waals surface area contributed by atoms with E-state index in [-0.39, 0.29) is 5.78 Å². The van der Waals surface area contributed by atoms with Gasteiger partial charge in [0.2, 0.25) is 0 Å². The molecule has 0 amide bonds. The van der Waals surface area contributed by atoms with Gasteiger partial charge < -0.3 is 5.73 Å². The van der Waals surface area contributed by atoms with Crippen LogP contribution in [0.1, 0.15) is 48.0 Å². The van der Waals surface area contributed by atoms with Gasteiger partial charge in [0.05, 0.1) is 11.3 Å². The molecule has 1 aliphatic rings. The van der Waals surface area contributed by atoms with Gasteiger partial charge in [-0.15, -0.1) is 0 Å². The summed E-state index contributed by atoms with van der Waals surface area (Å²) in [4.78, 5) is 16.2. The number of carbonyl (C=O) groups is 1. The summed E-state index contributed by atoms with van der Waals surface area (Å²) in [7, 11) is 0. The molecule has 98 valence electrons. The Kier molecular flexibility index (Phi) is 4.64. The van der Waals surface area contributed by atoms with Gasteiger partial charge in [0.1, 0.15) is 5.82 Å². The van der Waals surface area contributed by atoms with Crippen LogP contribution in [0.2, 0.25) is 0 Å². The monoisotopic (exact) mass is 264 g/mol. The number of rotatable bonds is 4. The van der Waals surface area contributed by atoms with Crippen LogP contribution in [0.5, 0.6) is 0 Å². The van der Waals surface area contributed by atoms with Gasteiger partial charge in [-0.25, -0.2) is 4.98 Å². The second-order valence-electron chi connectivity index (χ2n) is 4.94. The minimum atomic E-state index is 0.110. The van der Waals surface area contributed by atoms with E-state index in [2.05, 4.69) is 4.98 Å². The van der Waals surface area contributed by atoms with Crippen molar-refractivity contribution in [2.45, 2.75) is 44.3 Å². The number of hydrogen-bond acceptors (Lipinski definition) is 4. The van der Waals surface area contributed by atoms with E-state index in [0.717, 1.165) is 5.56 Å². The minimum Gasteiger partial charge on any atom is -0.383 e. The van der Waals surface area contributed by atoms with E-state index in [1.807, 2.05) is 13.0 Å². The number of anilines is 1. The predicted octanol–water partition coefficient (Wildman–Crippen LogP) is 3.22. The lowest BCUT2D eigenvalue weighted by Crippen LogP contribution is -2.14. The molecule has 0 unspecified atom stereocenters. The van der Waals surface area contributed by atoms with Crippen LogP contribution in [0, 0.1) is 6.92 Å². The second kappa shape index (κ2) is 6.23. The summed E-state index contributed by atoms with van der Waals surface area (Å²) in [5.41, 5.74) is 7.32. The summed E-state index contributed by atoms with van der Waals surface area (Å²) in [6, 6.07) is 1.84. The van der Waals surface area contributed by atoms with Crippen molar-refractivity contribution in [1.82, 2.24) is 4.98 Å². The number of ketones is 1. The van der Waals surface area contributed by atoms with E-state index < -0.39 is 0 Å². The number of carbonyl (C=O) groups excluding carboxylic acids is 1. The highest BCUT2D eigenvalue weighted by molar-refractivity contribution is 8.00. The molecular formula is C14H20N2OS. The lowest BCUT2D eigenvalue weighted by Gasteiger charge is -2.20. The molecule has 1 fully saturated rings. The maximum absolute atomic E-state index is 12.1. The summed E-state index contributed by atoms with van der Waals surface area (Å²) in [5, 5.41) is 0.654. The van der Waals surface area contributed by atoms with Crippen molar-refractivity contribution in [3.63, 3.8) is 0 Å². The molecule has 2 N–H and O–H groups in total. The van der Waals surface area contributed by atoms with Crippen LogP contribution in [0.25, 0.3) is 0 Å². The molecule has 18 heavy (non-hydrogen) atoms. The zero-order chi connectivity index (χ0) is 13.0. The van der Waals surface area contributed by atoms with Crippen molar-refractivity contribution in [1.29, 1.82) is 0 Å². The first-order chi connectivity index (χ1) is 8.66. The fourth-order valence-corrected chi connectivity index (χ4v) is 3.52. The number of hydrogen-bond donors (Lipinski definition) is 1. The summed E-state index contributed by atoms with van der Waals surface area (Å²) >= 11 is 1.78. The van der Waals surface area contributed by atoms with Crippen LogP contribution < -0.4 is 5.73 Å². The van der Waals surface area contributed by atoms with Crippen LogP contribution >= 0.6 is 11.8 Å². The molecule has 0 spiro atoms. The molecule has 0 saturated heterocycles. The Hall–Kier alpha value is -1.03. The van der Waals surface area contributed by atoms with Gasteiger partial charge in [0, 0.05) is 11.4 Å². The lowest BCUT2D eigenvalue weighted by atomic mass is 10.0. The Labute approximate surface area is 113 Å². The summed E-state index contributed by atoms with van der Waals surface area (Å²) < 4.78 is 0. The standard InChI is InChI=1S/C14H20N2OS/c1-10-7-12(14(15)16-8-10)13(17)9-18-11-5-3-2-4-6-11/h7-8,11H,2-6,9H2,1H3,(H2,15,16). The van der Waals surface area contributed by atoms with Crippen molar-refractivity contribution >= 4 is 23.4 Å². The number of aromatic nitrogens is 1. The predicted molar refractivity (Wildman–Crippen MR) is 77.0 cm³/mol. The molecule has 1 aliphatic carbocycles. The fraction of sp³-hybridized carbons (Fsp3) is 0.571. The minimum absolute atomic E-state index is 0.110. The van der Waals surface area contributed by atoms with E-state index in [1.165, 1.54) is 32.1 Å². The van der Waals surface area contributed by atoms with Gasteiger partial charge in [-0.1, -0.05) is 19.3 Å². The maximum atomic E-state index is 12.1. The van der Waals surface area contributed by atoms with Gasteiger partial charge in [-0.3, -0.25) is 4.79 Å². The highest BCUT2D eigenvalue weighted by Crippen LogP contribution is 2.28. The molecule has 3 nitrogen and oxygen atoms in total. The van der Waals surface area contributed by atoms with E-state index in [1.54, 1.807) is 18.0 Å². The first-order valence-electron chi connectivity index (χ1n) is 6.54. The number of nitrogens with two attached hydrogens (primary N) is 1.